The summed E-state index contributed by atoms with van der Waals surface area (Å²) in [6, 6.07) is 17.9. The van der Waals surface area contributed by atoms with Crippen molar-refractivity contribution in [2.75, 3.05) is 26.0 Å². The van der Waals surface area contributed by atoms with Crippen molar-refractivity contribution < 1.29 is 4.79 Å². The summed E-state index contributed by atoms with van der Waals surface area (Å²) in [7, 11) is 4.12. The minimum absolute atomic E-state index is 0.232. The number of nitrogens with zero attached hydrogens (tertiary/aromatic N) is 4. The van der Waals surface area contributed by atoms with Crippen molar-refractivity contribution in [1.82, 2.24) is 25.0 Å². The van der Waals surface area contributed by atoms with Gasteiger partial charge in [-0.3, -0.25) is 4.68 Å². The van der Waals surface area contributed by atoms with Gasteiger partial charge in [0.05, 0.1) is 0 Å². The van der Waals surface area contributed by atoms with Crippen LogP contribution < -0.4 is 10.6 Å². The largest absolute Gasteiger partial charge is 0.339 e. The van der Waals surface area contributed by atoms with Crippen LogP contribution in [0, 0.1) is 0 Å². The number of hydrogen-bond donors (Lipinski definition) is 3. The molecule has 4 aromatic rings. The Morgan fingerprint density at radius 2 is 1.84 bits per heavy atom. The van der Waals surface area contributed by atoms with Gasteiger partial charge in [0.2, 0.25) is 0 Å². The number of rotatable bonds is 10. The molecular formula is C30H35N7O. The molecule has 0 radical (unpaired) electrons. The fourth-order valence-electron chi connectivity index (χ4n) is 4.37. The molecule has 0 aliphatic rings. The van der Waals surface area contributed by atoms with E-state index in [0.29, 0.717) is 18.1 Å². The zero-order valence-corrected chi connectivity index (χ0v) is 22.5. The summed E-state index contributed by atoms with van der Waals surface area (Å²) in [4.78, 5) is 21.7. The lowest BCUT2D eigenvalue weighted by Gasteiger charge is -2.10. The normalized spacial score (nSPS) is 11.0. The van der Waals surface area contributed by atoms with Crippen LogP contribution in [0.4, 0.5) is 16.3 Å². The van der Waals surface area contributed by atoms with Crippen LogP contribution in [0.3, 0.4) is 0 Å². The highest BCUT2D eigenvalue weighted by molar-refractivity contribution is 5.92. The molecule has 3 N–H and O–H groups in total. The van der Waals surface area contributed by atoms with Gasteiger partial charge in [0, 0.05) is 53.9 Å². The van der Waals surface area contributed by atoms with E-state index in [4.69, 9.17) is 5.10 Å². The molecule has 0 fully saturated rings. The molecule has 0 spiro atoms. The molecule has 8 heteroatoms. The van der Waals surface area contributed by atoms with E-state index < -0.39 is 0 Å². The number of anilines is 1. The number of hydrogen-bond acceptors (Lipinski definition) is 4. The average molecular weight is 510 g/mol. The van der Waals surface area contributed by atoms with Crippen LogP contribution in [-0.4, -0.2) is 53.1 Å². The molecule has 0 atom stereocenters. The molecule has 2 aromatic carbocycles. The fraction of sp³-hybridized carbons (Fsp3) is 0.233. The number of H-pyrrole nitrogens is 1. The fourth-order valence-corrected chi connectivity index (χ4v) is 4.37. The average Bonchev–Trinajstić information content (AvgIpc) is 3.54. The lowest BCUT2D eigenvalue weighted by molar-refractivity contribution is 0.252. The predicted molar refractivity (Wildman–Crippen MR) is 157 cm³/mol. The van der Waals surface area contributed by atoms with E-state index in [1.54, 1.807) is 0 Å². The van der Waals surface area contributed by atoms with E-state index in [2.05, 4.69) is 90.2 Å². The van der Waals surface area contributed by atoms with E-state index in [1.165, 1.54) is 5.56 Å². The lowest BCUT2D eigenvalue weighted by Crippen LogP contribution is -2.28. The summed E-state index contributed by atoms with van der Waals surface area (Å²) in [5.41, 5.74) is 8.29. The zero-order chi connectivity index (χ0) is 27.2. The first kappa shape index (κ1) is 26.6. The number of urea groups is 1. The number of aromatic nitrogens is 3. The van der Waals surface area contributed by atoms with E-state index in [9.17, 15) is 4.79 Å². The van der Waals surface area contributed by atoms with Crippen molar-refractivity contribution in [1.29, 1.82) is 0 Å². The topological polar surface area (TPSA) is 90.3 Å². The van der Waals surface area contributed by atoms with Crippen molar-refractivity contribution in [2.45, 2.75) is 26.9 Å². The molecule has 2 amide bonds. The first-order valence-electron chi connectivity index (χ1n) is 12.7. The highest BCUT2D eigenvalue weighted by atomic mass is 16.2. The number of aromatic amines is 1. The highest BCUT2D eigenvalue weighted by Crippen LogP contribution is 2.38. The Bertz CT molecular complexity index is 1440. The van der Waals surface area contributed by atoms with Crippen LogP contribution in [0.25, 0.3) is 28.1 Å². The predicted octanol–water partition coefficient (Wildman–Crippen LogP) is 6.16. The van der Waals surface area contributed by atoms with Gasteiger partial charge in [-0.2, -0.15) is 5.10 Å². The maximum atomic E-state index is 11.9. The number of carbonyl (C=O) groups excluding carboxylic acids is 1. The van der Waals surface area contributed by atoms with Gasteiger partial charge >= 0.3 is 6.03 Å². The quantitative estimate of drug-likeness (QED) is 0.224. The molecule has 0 aliphatic carbocycles. The molecule has 8 nitrogen and oxygen atoms in total. The Balaban J connectivity index is 1.68. The number of benzene rings is 2. The highest BCUT2D eigenvalue weighted by Gasteiger charge is 2.19. The van der Waals surface area contributed by atoms with Gasteiger partial charge in [-0.15, -0.1) is 0 Å². The Hall–Kier alpha value is -4.43. The Morgan fingerprint density at radius 3 is 2.50 bits per heavy atom. The molecule has 2 heterocycles. The van der Waals surface area contributed by atoms with Crippen molar-refractivity contribution in [2.24, 2.45) is 4.99 Å². The molecule has 196 valence electrons. The molecule has 0 saturated carbocycles. The Kier molecular flexibility index (Phi) is 8.23. The second-order valence-corrected chi connectivity index (χ2v) is 9.33. The zero-order valence-electron chi connectivity index (χ0n) is 22.5. The van der Waals surface area contributed by atoms with Crippen molar-refractivity contribution in [3.05, 3.63) is 84.1 Å². The van der Waals surface area contributed by atoms with Gasteiger partial charge < -0.3 is 20.5 Å². The third kappa shape index (κ3) is 5.92. The molecule has 0 unspecified atom stereocenters. The van der Waals surface area contributed by atoms with Gasteiger partial charge in [0.15, 0.2) is 0 Å². The van der Waals surface area contributed by atoms with Gasteiger partial charge in [-0.25, -0.2) is 9.79 Å². The maximum Gasteiger partial charge on any atom is 0.319 e. The van der Waals surface area contributed by atoms with E-state index >= 15 is 0 Å². The van der Waals surface area contributed by atoms with Crippen LogP contribution in [0.2, 0.25) is 0 Å². The molecule has 0 bridgehead atoms. The first-order valence-corrected chi connectivity index (χ1v) is 12.7. The van der Waals surface area contributed by atoms with E-state index in [1.807, 2.05) is 42.1 Å². The van der Waals surface area contributed by atoms with Gasteiger partial charge in [-0.1, -0.05) is 36.9 Å². The third-order valence-corrected chi connectivity index (χ3v) is 6.18. The smallest absolute Gasteiger partial charge is 0.319 e. The molecule has 4 rings (SSSR count). The Morgan fingerprint density at radius 1 is 1.08 bits per heavy atom. The second kappa shape index (κ2) is 11.7. The summed E-state index contributed by atoms with van der Waals surface area (Å²) in [5.74, 6) is 0.666. The number of nitrogens with one attached hydrogen (secondary N) is 3. The van der Waals surface area contributed by atoms with Gasteiger partial charge in [0.1, 0.15) is 11.5 Å². The summed E-state index contributed by atoms with van der Waals surface area (Å²) in [6.45, 7) is 14.3. The summed E-state index contributed by atoms with van der Waals surface area (Å²) in [5, 5.41) is 10.4. The second-order valence-electron chi connectivity index (χ2n) is 9.33. The molecular weight excluding hydrogens is 474 g/mol. The van der Waals surface area contributed by atoms with Crippen LogP contribution in [0.5, 0.6) is 0 Å². The first-order chi connectivity index (χ1) is 18.3. The van der Waals surface area contributed by atoms with Crippen LogP contribution in [-0.2, 0) is 13.1 Å². The maximum absolute atomic E-state index is 11.9. The molecule has 0 aliphatic heterocycles. The summed E-state index contributed by atoms with van der Waals surface area (Å²) >= 11 is 0. The van der Waals surface area contributed by atoms with Crippen LogP contribution in [0.1, 0.15) is 30.5 Å². The molecule has 2 aromatic heterocycles. The monoisotopic (exact) mass is 509 g/mol. The van der Waals surface area contributed by atoms with Crippen molar-refractivity contribution in [3.63, 3.8) is 0 Å². The third-order valence-electron chi connectivity index (χ3n) is 6.18. The lowest BCUT2D eigenvalue weighted by atomic mass is 9.97. The van der Waals surface area contributed by atoms with Gasteiger partial charge in [0.25, 0.3) is 0 Å². The van der Waals surface area contributed by atoms with E-state index in [0.717, 1.165) is 52.3 Å². The number of carbonyl (C=O) groups is 1. The minimum Gasteiger partial charge on any atom is -0.339 e. The number of amides is 2. The van der Waals surface area contributed by atoms with Crippen LogP contribution >= 0.6 is 0 Å². The van der Waals surface area contributed by atoms with Crippen LogP contribution in [0.15, 0.2) is 72.4 Å². The summed E-state index contributed by atoms with van der Waals surface area (Å²) in [6.07, 6.45) is 2.01. The molecule has 0 saturated heterocycles. The number of aliphatic imine (C=N–C) groups is 1. The molecule has 38 heavy (non-hydrogen) atoms. The minimum atomic E-state index is -0.232. The summed E-state index contributed by atoms with van der Waals surface area (Å²) < 4.78 is 1.90. The SMILES string of the molecule is C=Nc1[nH]c(-c2cccc(CN(C)C)c2)cc1C(=C)c1cn(CC)nc1-c1ccc(NC(=O)NCC)cc1. The van der Waals surface area contributed by atoms with Crippen molar-refractivity contribution in [3.8, 4) is 22.5 Å². The Labute approximate surface area is 224 Å². The van der Waals surface area contributed by atoms with Crippen molar-refractivity contribution >= 4 is 29.8 Å². The van der Waals surface area contributed by atoms with E-state index in [-0.39, 0.29) is 6.03 Å². The number of aryl methyl sites for hydroxylation is 1. The van der Waals surface area contributed by atoms with Gasteiger partial charge in [-0.05, 0) is 75.6 Å². The standard InChI is InChI=1S/C30H35N7O/c1-7-32-30(38)33-24-14-12-22(13-15-24)28-26(19-37(8-2)35-28)20(3)25-17-27(34-29(25)31-4)23-11-9-10-21(16-23)18-36(5)6/h9-17,19,34H,3-4,7-8,18H2,1-2,5-6H3,(H2,32,33,38).